The molecule has 0 saturated carbocycles. The fourth-order valence-electron chi connectivity index (χ4n) is 4.05. The molecule has 5 nitrogen and oxygen atoms in total. The average molecular weight is 448 g/mol. The maximum absolute atomic E-state index is 11.5. The van der Waals surface area contributed by atoms with Gasteiger partial charge in [0.1, 0.15) is 6.07 Å². The molecule has 0 heterocycles. The van der Waals surface area contributed by atoms with E-state index in [-0.39, 0.29) is 6.61 Å². The molecule has 0 radical (unpaired) electrons. The van der Waals surface area contributed by atoms with Gasteiger partial charge < -0.3 is 14.6 Å². The third kappa shape index (κ3) is 19.1. The Morgan fingerprint density at radius 3 is 1.56 bits per heavy atom. The van der Waals surface area contributed by atoms with Gasteiger partial charge in [-0.25, -0.2) is 10.7 Å². The van der Waals surface area contributed by atoms with Gasteiger partial charge in [0.25, 0.3) is 0 Å². The van der Waals surface area contributed by atoms with Crippen molar-refractivity contribution in [1.82, 2.24) is 0 Å². The molecule has 0 N–H and O–H groups in total. The summed E-state index contributed by atoms with van der Waals surface area (Å²) in [5.41, 5.74) is -0.480. The third-order valence-electron chi connectivity index (χ3n) is 6.19. The highest BCUT2D eigenvalue weighted by molar-refractivity contribution is 6.02. The number of rotatable bonds is 22. The van der Waals surface area contributed by atoms with E-state index in [9.17, 15) is 4.79 Å². The predicted molar refractivity (Wildman–Crippen MR) is 134 cm³/mol. The number of hydrogen-bond acceptors (Lipinski definition) is 3. The molecule has 0 fully saturated rings. The molecule has 5 heteroatoms. The second kappa shape index (κ2) is 21.2. The Bertz CT molecular complexity index is 560. The van der Waals surface area contributed by atoms with Crippen LogP contribution in [0, 0.1) is 11.3 Å². The van der Waals surface area contributed by atoms with Crippen molar-refractivity contribution < 1.29 is 14.0 Å². The number of carbonyl (C=O) groups is 1. The average Bonchev–Trinajstić information content (AvgIpc) is 2.77. The predicted octanol–water partition coefficient (Wildman–Crippen LogP) is 6.95. The molecule has 0 aliphatic carbocycles. The summed E-state index contributed by atoms with van der Waals surface area (Å²) in [5.74, 6) is 0.751. The van der Waals surface area contributed by atoms with Gasteiger partial charge in [-0.05, 0) is 12.8 Å². The maximum Gasteiger partial charge on any atom is 0.355 e. The molecular formula is C27H49N3O2. The molecule has 0 atom stereocenters. The summed E-state index contributed by atoms with van der Waals surface area (Å²) in [6.07, 6.45) is 22.9. The highest BCUT2D eigenvalue weighted by Crippen LogP contribution is 2.14. The Balaban J connectivity index is 3.46. The van der Waals surface area contributed by atoms with Crippen molar-refractivity contribution in [2.45, 2.75) is 116 Å². The number of nitrogens with zero attached hydrogens (tertiary/aromatic N) is 3. The molecule has 0 amide bonds. The van der Waals surface area contributed by atoms with E-state index in [1.807, 2.05) is 0 Å². The van der Waals surface area contributed by atoms with Gasteiger partial charge in [-0.1, -0.05) is 96.8 Å². The minimum absolute atomic E-state index is 0.256. The second-order valence-corrected chi connectivity index (χ2v) is 9.77. The summed E-state index contributed by atoms with van der Waals surface area (Å²) in [7, 11) is 4.41. The number of ether oxygens (including phenoxy) is 1. The van der Waals surface area contributed by atoms with Crippen LogP contribution in [0.3, 0.4) is 0 Å². The summed E-state index contributed by atoms with van der Waals surface area (Å²) < 4.78 is 5.89. The monoisotopic (exact) mass is 447 g/mol. The summed E-state index contributed by atoms with van der Waals surface area (Å²) in [4.78, 5) is 11.5. The normalized spacial score (nSPS) is 11.1. The maximum atomic E-state index is 11.5. The van der Waals surface area contributed by atoms with Crippen LogP contribution in [0.5, 0.6) is 0 Å². The fourth-order valence-corrected chi connectivity index (χ4v) is 4.05. The van der Waals surface area contributed by atoms with Crippen LogP contribution in [0.4, 0.5) is 0 Å². The van der Waals surface area contributed by atoms with E-state index in [1.54, 1.807) is 11.9 Å². The number of hydrogen-bond donors (Lipinski definition) is 0. The fraction of sp³-hybridized carbons (Fsp3) is 0.852. The van der Waals surface area contributed by atoms with Gasteiger partial charge >= 0.3 is 5.97 Å². The molecule has 0 rings (SSSR count). The summed E-state index contributed by atoms with van der Waals surface area (Å²) >= 11 is 0. The van der Waals surface area contributed by atoms with Crippen LogP contribution in [0.15, 0.2) is 5.57 Å². The minimum atomic E-state index is -0.807. The number of nitriles is 1. The van der Waals surface area contributed by atoms with Crippen molar-refractivity contribution in [3.8, 4) is 6.07 Å². The van der Waals surface area contributed by atoms with E-state index in [0.29, 0.717) is 0 Å². The van der Waals surface area contributed by atoms with Crippen LogP contribution < -0.4 is 0 Å². The van der Waals surface area contributed by atoms with Crippen LogP contribution in [-0.4, -0.2) is 50.1 Å². The Hall–Kier alpha value is -1.63. The van der Waals surface area contributed by atoms with Crippen molar-refractivity contribution in [1.29, 1.82) is 5.26 Å². The lowest BCUT2D eigenvalue weighted by atomic mass is 10.0. The van der Waals surface area contributed by atoms with Gasteiger partial charge in [0.2, 0.25) is 0 Å². The molecule has 0 aliphatic heterocycles. The topological polar surface area (TPSA) is 72.4 Å². The van der Waals surface area contributed by atoms with Crippen molar-refractivity contribution >= 4 is 11.8 Å². The first-order valence-corrected chi connectivity index (χ1v) is 13.1. The van der Waals surface area contributed by atoms with E-state index < -0.39 is 11.5 Å². The Morgan fingerprint density at radius 2 is 1.16 bits per heavy atom. The minimum Gasteiger partial charge on any atom is -0.762 e. The van der Waals surface area contributed by atoms with Crippen LogP contribution in [0.1, 0.15) is 116 Å². The molecule has 0 aliphatic rings. The standard InChI is InChI=1S/C27H49N3O2/c1-4-5-6-7-8-9-10-11-12-13-14-15-16-17-18-19-21-30(2,3)22-20-23-32-27(31)26(24-28)25-29/h4-23H2,1-3H3. The summed E-state index contributed by atoms with van der Waals surface area (Å²) in [6, 6.07) is 1.56. The number of carbonyl (C=O) groups excluding carboxylic acids is 1. The molecule has 32 heavy (non-hydrogen) atoms. The first kappa shape index (κ1) is 30.4. The lowest BCUT2D eigenvalue weighted by molar-refractivity contribution is -0.890. The Morgan fingerprint density at radius 1 is 0.750 bits per heavy atom. The molecule has 0 aromatic carbocycles. The van der Waals surface area contributed by atoms with E-state index >= 15 is 0 Å². The van der Waals surface area contributed by atoms with E-state index in [4.69, 9.17) is 15.4 Å². The van der Waals surface area contributed by atoms with Crippen molar-refractivity contribution in [3.63, 3.8) is 0 Å². The molecule has 0 bridgehead atoms. The number of quaternary nitrogens is 1. The van der Waals surface area contributed by atoms with Gasteiger partial charge in [-0.15, -0.1) is 0 Å². The number of unbranched alkanes of at least 4 members (excludes halogenated alkanes) is 15. The van der Waals surface area contributed by atoms with Crippen LogP contribution in [0.25, 0.3) is 5.41 Å². The Kier molecular flexibility index (Phi) is 20.1. The zero-order chi connectivity index (χ0) is 23.9. The first-order chi connectivity index (χ1) is 15.5. The molecule has 184 valence electrons. The molecule has 0 aromatic heterocycles. The third-order valence-corrected chi connectivity index (χ3v) is 6.19. The van der Waals surface area contributed by atoms with Crippen molar-refractivity contribution in [2.24, 2.45) is 0 Å². The first-order valence-electron chi connectivity index (χ1n) is 13.1. The quantitative estimate of drug-likeness (QED) is 0.0450. The van der Waals surface area contributed by atoms with Gasteiger partial charge in [0, 0.05) is 6.42 Å². The highest BCUT2D eigenvalue weighted by atomic mass is 16.5. The van der Waals surface area contributed by atoms with Gasteiger partial charge in [0.15, 0.2) is 5.57 Å². The van der Waals surface area contributed by atoms with E-state index in [0.717, 1.165) is 24.0 Å². The highest BCUT2D eigenvalue weighted by Gasteiger charge is 2.15. The Labute approximate surface area is 198 Å². The summed E-state index contributed by atoms with van der Waals surface area (Å²) in [6.45, 7) is 4.58. The molecule has 0 aromatic rings. The second-order valence-electron chi connectivity index (χ2n) is 9.77. The van der Waals surface area contributed by atoms with Gasteiger partial charge in [-0.3, -0.25) is 0 Å². The van der Waals surface area contributed by atoms with E-state index in [2.05, 4.69) is 21.0 Å². The number of esters is 1. The largest absolute Gasteiger partial charge is 0.762 e. The van der Waals surface area contributed by atoms with Crippen molar-refractivity contribution in [3.05, 3.63) is 11.0 Å². The van der Waals surface area contributed by atoms with Gasteiger partial charge in [-0.2, -0.15) is 5.26 Å². The molecule has 0 unspecified atom stereocenters. The lowest BCUT2D eigenvalue weighted by Gasteiger charge is -2.29. The van der Waals surface area contributed by atoms with E-state index in [1.165, 1.54) is 103 Å². The molecular weight excluding hydrogens is 398 g/mol. The zero-order valence-corrected chi connectivity index (χ0v) is 21.3. The zero-order valence-electron chi connectivity index (χ0n) is 21.3. The van der Waals surface area contributed by atoms with Crippen molar-refractivity contribution in [2.75, 3.05) is 33.8 Å². The van der Waals surface area contributed by atoms with Crippen LogP contribution >= 0.6 is 0 Å². The smallest absolute Gasteiger partial charge is 0.355 e. The van der Waals surface area contributed by atoms with Crippen LogP contribution in [0.2, 0.25) is 0 Å². The molecule has 0 saturated heterocycles. The van der Waals surface area contributed by atoms with Gasteiger partial charge in [0.05, 0.1) is 33.8 Å². The molecule has 0 spiro atoms. The lowest BCUT2D eigenvalue weighted by Crippen LogP contribution is -2.41. The van der Waals surface area contributed by atoms with Crippen LogP contribution in [-0.2, 0) is 9.53 Å². The summed E-state index contributed by atoms with van der Waals surface area (Å²) in [5, 5.41) is 17.3. The SMILES string of the molecule is CCCCCCCCCCCCCCCCCC[N+](C)(C)CCCOC(=O)C(=C=[N-])C#N.